The summed E-state index contributed by atoms with van der Waals surface area (Å²) in [5.74, 6) is 5.44. The number of unbranched alkanes of at least 4 members (excludes halogenated alkanes) is 2. The van der Waals surface area contributed by atoms with Crippen LogP contribution in [0.3, 0.4) is 0 Å². The van der Waals surface area contributed by atoms with E-state index in [0.29, 0.717) is 24.5 Å². The Morgan fingerprint density at radius 3 is 2.53 bits per heavy atom. The molecule has 0 aliphatic rings. The Labute approximate surface area is 114 Å². The van der Waals surface area contributed by atoms with Gasteiger partial charge in [0, 0.05) is 12.2 Å². The maximum Gasteiger partial charge on any atom is 0.265 e. The van der Waals surface area contributed by atoms with Gasteiger partial charge in [0.25, 0.3) is 5.91 Å². The number of ether oxygens (including phenoxy) is 2. The minimum atomic E-state index is -0.314. The molecule has 1 aromatic rings. The third-order valence-electron chi connectivity index (χ3n) is 2.64. The number of nitrogens with one attached hydrogen (secondary N) is 1. The Morgan fingerprint density at radius 2 is 1.89 bits per heavy atom. The molecule has 0 spiro atoms. The highest BCUT2D eigenvalue weighted by molar-refractivity contribution is 5.93. The summed E-state index contributed by atoms with van der Waals surface area (Å²) in [6, 6.07) is 6.81. The molecule has 1 amide bonds. The number of nitrogens with two attached hydrogens (primary N) is 1. The molecule has 0 aliphatic carbocycles. The molecule has 1 aromatic carbocycles. The molecular weight excluding hydrogens is 244 g/mol. The van der Waals surface area contributed by atoms with Crippen LogP contribution in [0.5, 0.6) is 5.75 Å². The Balaban J connectivity index is 2.18. The quantitative estimate of drug-likeness (QED) is 0.310. The van der Waals surface area contributed by atoms with Crippen LogP contribution in [-0.2, 0) is 4.74 Å². The molecule has 0 aliphatic heterocycles. The normalized spacial score (nSPS) is 10.2. The molecule has 0 aromatic heterocycles. The minimum Gasteiger partial charge on any atom is -0.491 e. The average Bonchev–Trinajstić information content (AvgIpc) is 2.46. The van der Waals surface area contributed by atoms with E-state index in [1.54, 1.807) is 24.3 Å². The average molecular weight is 266 g/mol. The van der Waals surface area contributed by atoms with Crippen molar-refractivity contribution >= 4 is 5.91 Å². The van der Waals surface area contributed by atoms with Crippen molar-refractivity contribution in [3.05, 3.63) is 29.8 Å². The molecular formula is C14H22N2O3. The molecule has 5 nitrogen and oxygen atoms in total. The molecule has 0 heterocycles. The molecule has 0 saturated heterocycles. The van der Waals surface area contributed by atoms with E-state index in [4.69, 9.17) is 15.3 Å². The summed E-state index contributed by atoms with van der Waals surface area (Å²) >= 11 is 0. The van der Waals surface area contributed by atoms with Crippen molar-refractivity contribution in [2.75, 3.05) is 19.8 Å². The number of benzene rings is 1. The predicted octanol–water partition coefficient (Wildman–Crippen LogP) is 1.88. The first-order chi connectivity index (χ1) is 9.27. The molecule has 0 bridgehead atoms. The van der Waals surface area contributed by atoms with E-state index in [-0.39, 0.29) is 5.91 Å². The van der Waals surface area contributed by atoms with Gasteiger partial charge >= 0.3 is 0 Å². The van der Waals surface area contributed by atoms with Crippen LogP contribution in [0.25, 0.3) is 0 Å². The van der Waals surface area contributed by atoms with Gasteiger partial charge < -0.3 is 9.47 Å². The molecule has 1 rings (SSSR count). The molecule has 0 atom stereocenters. The van der Waals surface area contributed by atoms with Gasteiger partial charge in [0.1, 0.15) is 12.4 Å². The fraction of sp³-hybridized carbons (Fsp3) is 0.500. The molecule has 0 saturated carbocycles. The highest BCUT2D eigenvalue weighted by Gasteiger charge is 2.02. The first-order valence-corrected chi connectivity index (χ1v) is 6.59. The minimum absolute atomic E-state index is 0.314. The van der Waals surface area contributed by atoms with Crippen LogP contribution in [0, 0.1) is 0 Å². The summed E-state index contributed by atoms with van der Waals surface area (Å²) in [7, 11) is 0. The van der Waals surface area contributed by atoms with Crippen LogP contribution < -0.4 is 16.0 Å². The number of nitrogen functional groups attached to an aromatic ring is 1. The number of carbonyl (C=O) groups is 1. The van der Waals surface area contributed by atoms with Gasteiger partial charge in [-0.3, -0.25) is 10.2 Å². The number of carbonyl (C=O) groups excluding carboxylic acids is 1. The Kier molecular flexibility index (Phi) is 7.62. The van der Waals surface area contributed by atoms with Gasteiger partial charge in [-0.05, 0) is 30.7 Å². The van der Waals surface area contributed by atoms with E-state index in [1.807, 2.05) is 0 Å². The molecule has 3 N–H and O–H groups in total. The molecule has 5 heteroatoms. The molecule has 106 valence electrons. The lowest BCUT2D eigenvalue weighted by Gasteiger charge is -2.07. The van der Waals surface area contributed by atoms with E-state index in [0.717, 1.165) is 13.0 Å². The van der Waals surface area contributed by atoms with Gasteiger partial charge in [0.15, 0.2) is 0 Å². The second kappa shape index (κ2) is 9.35. The smallest absolute Gasteiger partial charge is 0.265 e. The summed E-state index contributed by atoms with van der Waals surface area (Å²) < 4.78 is 10.9. The highest BCUT2D eigenvalue weighted by atomic mass is 16.5. The van der Waals surface area contributed by atoms with E-state index in [2.05, 4.69) is 12.3 Å². The van der Waals surface area contributed by atoms with Gasteiger partial charge in [-0.25, -0.2) is 5.84 Å². The van der Waals surface area contributed by atoms with Gasteiger partial charge in [-0.15, -0.1) is 0 Å². The second-order valence-electron chi connectivity index (χ2n) is 4.17. The summed E-state index contributed by atoms with van der Waals surface area (Å²) in [5.41, 5.74) is 2.58. The number of amides is 1. The highest BCUT2D eigenvalue weighted by Crippen LogP contribution is 2.11. The van der Waals surface area contributed by atoms with Crippen LogP contribution in [0.4, 0.5) is 0 Å². The van der Waals surface area contributed by atoms with Crippen molar-refractivity contribution in [1.82, 2.24) is 5.43 Å². The fourth-order valence-corrected chi connectivity index (χ4v) is 1.56. The molecule has 0 fully saturated rings. The second-order valence-corrected chi connectivity index (χ2v) is 4.17. The van der Waals surface area contributed by atoms with Crippen LogP contribution in [-0.4, -0.2) is 25.7 Å². The number of hydrogen-bond acceptors (Lipinski definition) is 4. The van der Waals surface area contributed by atoms with Crippen LogP contribution >= 0.6 is 0 Å². The summed E-state index contributed by atoms with van der Waals surface area (Å²) in [5, 5.41) is 0. The van der Waals surface area contributed by atoms with Crippen molar-refractivity contribution in [3.8, 4) is 5.75 Å². The van der Waals surface area contributed by atoms with Gasteiger partial charge in [0.05, 0.1) is 6.61 Å². The molecule has 0 unspecified atom stereocenters. The van der Waals surface area contributed by atoms with Crippen LogP contribution in [0.15, 0.2) is 24.3 Å². The third kappa shape index (κ3) is 6.22. The Morgan fingerprint density at radius 1 is 1.16 bits per heavy atom. The lowest BCUT2D eigenvalue weighted by atomic mass is 10.2. The largest absolute Gasteiger partial charge is 0.491 e. The molecule has 0 radical (unpaired) electrons. The van der Waals surface area contributed by atoms with Crippen LogP contribution in [0.1, 0.15) is 36.5 Å². The number of rotatable bonds is 9. The Bertz CT molecular complexity index is 365. The van der Waals surface area contributed by atoms with Crippen molar-refractivity contribution in [2.24, 2.45) is 5.84 Å². The monoisotopic (exact) mass is 266 g/mol. The van der Waals surface area contributed by atoms with E-state index < -0.39 is 0 Å². The van der Waals surface area contributed by atoms with Crippen molar-refractivity contribution < 1.29 is 14.3 Å². The first-order valence-electron chi connectivity index (χ1n) is 6.59. The van der Waals surface area contributed by atoms with Gasteiger partial charge in [-0.2, -0.15) is 0 Å². The summed E-state index contributed by atoms with van der Waals surface area (Å²) in [6.07, 6.45) is 3.49. The lowest BCUT2D eigenvalue weighted by Crippen LogP contribution is -2.29. The number of hydrogen-bond donors (Lipinski definition) is 2. The van der Waals surface area contributed by atoms with Crippen molar-refractivity contribution in [2.45, 2.75) is 26.2 Å². The maximum atomic E-state index is 11.2. The maximum absolute atomic E-state index is 11.2. The third-order valence-corrected chi connectivity index (χ3v) is 2.64. The van der Waals surface area contributed by atoms with Gasteiger partial charge in [-0.1, -0.05) is 19.8 Å². The SMILES string of the molecule is CCCCCOCCOc1ccc(C(=O)NN)cc1. The van der Waals surface area contributed by atoms with E-state index in [1.165, 1.54) is 12.8 Å². The lowest BCUT2D eigenvalue weighted by molar-refractivity contribution is 0.0951. The topological polar surface area (TPSA) is 73.6 Å². The van der Waals surface area contributed by atoms with Crippen molar-refractivity contribution in [3.63, 3.8) is 0 Å². The summed E-state index contributed by atoms with van der Waals surface area (Å²) in [6.45, 7) is 4.04. The first kappa shape index (κ1) is 15.5. The zero-order chi connectivity index (χ0) is 13.9. The summed E-state index contributed by atoms with van der Waals surface area (Å²) in [4.78, 5) is 11.2. The van der Waals surface area contributed by atoms with E-state index in [9.17, 15) is 4.79 Å². The van der Waals surface area contributed by atoms with Gasteiger partial charge in [0.2, 0.25) is 0 Å². The zero-order valence-corrected chi connectivity index (χ0v) is 11.4. The fourth-order valence-electron chi connectivity index (χ4n) is 1.56. The molecule has 19 heavy (non-hydrogen) atoms. The standard InChI is InChI=1S/C14H22N2O3/c1-2-3-4-9-18-10-11-19-13-7-5-12(6-8-13)14(17)16-15/h5-8H,2-4,9-11,15H2,1H3,(H,16,17). The van der Waals surface area contributed by atoms with Crippen LogP contribution in [0.2, 0.25) is 0 Å². The van der Waals surface area contributed by atoms with Crippen molar-refractivity contribution in [1.29, 1.82) is 0 Å². The predicted molar refractivity (Wildman–Crippen MR) is 73.9 cm³/mol. The zero-order valence-electron chi connectivity index (χ0n) is 11.4. The Hall–Kier alpha value is -1.59. The van der Waals surface area contributed by atoms with E-state index >= 15 is 0 Å². The number of hydrazine groups is 1.